The first-order valence-corrected chi connectivity index (χ1v) is 4.25. The van der Waals surface area contributed by atoms with Gasteiger partial charge in [-0.25, -0.2) is 0 Å². The number of hydrogen-bond acceptors (Lipinski definition) is 6. The van der Waals surface area contributed by atoms with Gasteiger partial charge in [0.05, 0.1) is 6.10 Å². The molecule has 5 atom stereocenters. The van der Waals surface area contributed by atoms with Crippen molar-refractivity contribution in [3.63, 3.8) is 0 Å². The van der Waals surface area contributed by atoms with E-state index in [2.05, 4.69) is 0 Å². The second kappa shape index (κ2) is 3.56. The van der Waals surface area contributed by atoms with Crippen molar-refractivity contribution in [1.29, 1.82) is 0 Å². The summed E-state index contributed by atoms with van der Waals surface area (Å²) in [6.45, 7) is 2.41. The van der Waals surface area contributed by atoms with Crippen LogP contribution in [-0.4, -0.2) is 56.4 Å². The molecule has 14 heavy (non-hydrogen) atoms. The molecule has 0 spiro atoms. The quantitative estimate of drug-likeness (QED) is 0.386. The van der Waals surface area contributed by atoms with Gasteiger partial charge in [-0.05, 0) is 13.8 Å². The molecule has 1 rings (SSSR count). The van der Waals surface area contributed by atoms with Gasteiger partial charge in [0.1, 0.15) is 12.2 Å². The fourth-order valence-corrected chi connectivity index (χ4v) is 1.54. The third kappa shape index (κ3) is 1.45. The lowest BCUT2D eigenvalue weighted by Gasteiger charge is -2.44. The van der Waals surface area contributed by atoms with E-state index in [4.69, 9.17) is 9.84 Å². The van der Waals surface area contributed by atoms with Crippen molar-refractivity contribution in [2.45, 2.75) is 44.1 Å². The summed E-state index contributed by atoms with van der Waals surface area (Å²) in [5, 5.41) is 37.5. The first-order valence-electron chi connectivity index (χ1n) is 4.25. The van der Waals surface area contributed by atoms with Crippen molar-refractivity contribution >= 4 is 5.78 Å². The van der Waals surface area contributed by atoms with Gasteiger partial charge in [-0.2, -0.15) is 0 Å². The minimum Gasteiger partial charge on any atom is -0.387 e. The molecule has 82 valence electrons. The lowest BCUT2D eigenvalue weighted by molar-refractivity contribution is -0.302. The molecule has 0 aromatic rings. The van der Waals surface area contributed by atoms with Gasteiger partial charge < -0.3 is 25.2 Å². The largest absolute Gasteiger partial charge is 0.387 e. The highest BCUT2D eigenvalue weighted by atomic mass is 16.6. The van der Waals surface area contributed by atoms with E-state index in [9.17, 15) is 20.1 Å². The maximum Gasteiger partial charge on any atom is 0.183 e. The van der Waals surface area contributed by atoms with Gasteiger partial charge in [0.25, 0.3) is 0 Å². The van der Waals surface area contributed by atoms with Crippen LogP contribution < -0.4 is 0 Å². The van der Waals surface area contributed by atoms with Crippen molar-refractivity contribution in [3.05, 3.63) is 0 Å². The topological polar surface area (TPSA) is 107 Å². The van der Waals surface area contributed by atoms with Crippen molar-refractivity contribution in [2.75, 3.05) is 0 Å². The van der Waals surface area contributed by atoms with Crippen LogP contribution in [0.2, 0.25) is 0 Å². The number of carbonyl (C=O) groups is 1. The van der Waals surface area contributed by atoms with Crippen molar-refractivity contribution < 1.29 is 30.0 Å². The summed E-state index contributed by atoms with van der Waals surface area (Å²) in [5.41, 5.74) is -2.17. The Balaban J connectivity index is 3.00. The van der Waals surface area contributed by atoms with E-state index >= 15 is 0 Å². The normalized spacial score (nSPS) is 49.0. The number of aliphatic hydroxyl groups excluding tert-OH is 3. The summed E-state index contributed by atoms with van der Waals surface area (Å²) in [6, 6.07) is 0. The Morgan fingerprint density at radius 1 is 1.36 bits per heavy atom. The molecule has 1 fully saturated rings. The zero-order chi connectivity index (χ0) is 11.1. The van der Waals surface area contributed by atoms with E-state index in [1.54, 1.807) is 0 Å². The number of Topliss-reactive ketones (excluding diaryl/α,β-unsaturated/α-hetero) is 1. The van der Waals surface area contributed by atoms with Gasteiger partial charge in [0, 0.05) is 0 Å². The summed E-state index contributed by atoms with van der Waals surface area (Å²) >= 11 is 0. The molecule has 0 saturated carbocycles. The predicted molar refractivity (Wildman–Crippen MR) is 44.2 cm³/mol. The summed E-state index contributed by atoms with van der Waals surface area (Å²) < 4.78 is 4.72. The lowest BCUT2D eigenvalue weighted by Crippen LogP contribution is -2.68. The average molecular weight is 206 g/mol. The molecule has 6 nitrogen and oxygen atoms in total. The van der Waals surface area contributed by atoms with E-state index in [-0.39, 0.29) is 0 Å². The number of carbonyl (C=O) groups excluding carboxylic acids is 1. The van der Waals surface area contributed by atoms with E-state index in [0.29, 0.717) is 0 Å². The molecule has 0 aromatic heterocycles. The van der Waals surface area contributed by atoms with Crippen LogP contribution >= 0.6 is 0 Å². The first kappa shape index (κ1) is 11.5. The molecule has 0 bridgehead atoms. The van der Waals surface area contributed by atoms with Gasteiger partial charge in [0.15, 0.2) is 17.7 Å². The third-order valence-electron chi connectivity index (χ3n) is 2.59. The highest BCUT2D eigenvalue weighted by Gasteiger charge is 2.55. The standard InChI is InChI=1S/C8H14O6/c1-3(9)8(13)4(2)14-7(12)5(10)6(8)11/h4-7,10-13H,1-2H3/t4-,5-,6-,7-,8+/m0/s1. The minimum atomic E-state index is -2.17. The van der Waals surface area contributed by atoms with Crippen molar-refractivity contribution in [3.8, 4) is 0 Å². The SMILES string of the molecule is CC(=O)[C@@]1(O)[C@H](C)O[C@H](O)[C@@H](O)[C@@H]1O. The first-order chi connectivity index (χ1) is 6.31. The van der Waals surface area contributed by atoms with Crippen LogP contribution in [0.5, 0.6) is 0 Å². The zero-order valence-electron chi connectivity index (χ0n) is 7.91. The van der Waals surface area contributed by atoms with E-state index in [0.717, 1.165) is 6.92 Å². The highest BCUT2D eigenvalue weighted by molar-refractivity contribution is 5.86. The van der Waals surface area contributed by atoms with Crippen molar-refractivity contribution in [1.82, 2.24) is 0 Å². The Morgan fingerprint density at radius 3 is 2.29 bits per heavy atom. The third-order valence-corrected chi connectivity index (χ3v) is 2.59. The molecule has 0 radical (unpaired) electrons. The molecular formula is C8H14O6. The molecule has 0 amide bonds. The van der Waals surface area contributed by atoms with Crippen LogP contribution in [0.15, 0.2) is 0 Å². The summed E-state index contributed by atoms with van der Waals surface area (Å²) in [4.78, 5) is 11.1. The molecule has 4 N–H and O–H groups in total. The van der Waals surface area contributed by atoms with Gasteiger partial charge in [-0.1, -0.05) is 0 Å². The van der Waals surface area contributed by atoms with E-state index in [1.807, 2.05) is 0 Å². The van der Waals surface area contributed by atoms with Crippen LogP contribution in [0.1, 0.15) is 13.8 Å². The summed E-state index contributed by atoms with van der Waals surface area (Å²) in [6.07, 6.45) is -6.12. The summed E-state index contributed by atoms with van der Waals surface area (Å²) in [5.74, 6) is -0.719. The van der Waals surface area contributed by atoms with Gasteiger partial charge in [-0.3, -0.25) is 4.79 Å². The van der Waals surface area contributed by atoms with Crippen LogP contribution in [0.25, 0.3) is 0 Å². The van der Waals surface area contributed by atoms with Crippen LogP contribution in [0.4, 0.5) is 0 Å². The van der Waals surface area contributed by atoms with Gasteiger partial charge in [-0.15, -0.1) is 0 Å². The van der Waals surface area contributed by atoms with Gasteiger partial charge in [0.2, 0.25) is 0 Å². The number of ether oxygens (including phenoxy) is 1. The predicted octanol–water partition coefficient (Wildman–Crippen LogP) is -2.23. The molecule has 1 saturated heterocycles. The molecule has 0 aromatic carbocycles. The van der Waals surface area contributed by atoms with Crippen LogP contribution in [0, 0.1) is 0 Å². The Bertz CT molecular complexity index is 242. The molecule has 0 unspecified atom stereocenters. The van der Waals surface area contributed by atoms with Crippen molar-refractivity contribution in [2.24, 2.45) is 0 Å². The average Bonchev–Trinajstić information content (AvgIpc) is 2.11. The Labute approximate surface area is 80.7 Å². The Morgan fingerprint density at radius 2 is 1.86 bits per heavy atom. The Kier molecular flexibility index (Phi) is 2.93. The maximum atomic E-state index is 11.1. The highest BCUT2D eigenvalue weighted by Crippen LogP contribution is 2.29. The van der Waals surface area contributed by atoms with Crippen LogP contribution in [0.3, 0.4) is 0 Å². The lowest BCUT2D eigenvalue weighted by atomic mass is 9.82. The Hall–Kier alpha value is -0.530. The number of aliphatic hydroxyl groups is 4. The second-order valence-electron chi connectivity index (χ2n) is 3.49. The molecule has 1 heterocycles. The minimum absolute atomic E-state index is 0.719. The molecule has 1 aliphatic rings. The summed E-state index contributed by atoms with van der Waals surface area (Å²) in [7, 11) is 0. The monoisotopic (exact) mass is 206 g/mol. The van der Waals surface area contributed by atoms with Crippen LogP contribution in [-0.2, 0) is 9.53 Å². The molecule has 1 aliphatic heterocycles. The molecular weight excluding hydrogens is 192 g/mol. The fraction of sp³-hybridized carbons (Fsp3) is 0.875. The molecule has 6 heteroatoms. The maximum absolute atomic E-state index is 11.1. The number of rotatable bonds is 1. The number of ketones is 1. The number of hydrogen-bond donors (Lipinski definition) is 4. The second-order valence-corrected chi connectivity index (χ2v) is 3.49. The van der Waals surface area contributed by atoms with E-state index < -0.39 is 36.0 Å². The smallest absolute Gasteiger partial charge is 0.183 e. The fourth-order valence-electron chi connectivity index (χ4n) is 1.54. The van der Waals surface area contributed by atoms with Gasteiger partial charge >= 0.3 is 0 Å². The zero-order valence-corrected chi connectivity index (χ0v) is 7.91. The molecule has 0 aliphatic carbocycles. The van der Waals surface area contributed by atoms with E-state index in [1.165, 1.54) is 6.92 Å².